The van der Waals surface area contributed by atoms with E-state index in [0.29, 0.717) is 24.0 Å². The highest BCUT2D eigenvalue weighted by Gasteiger charge is 2.30. The van der Waals surface area contributed by atoms with E-state index in [1.807, 2.05) is 6.20 Å². The van der Waals surface area contributed by atoms with E-state index in [0.717, 1.165) is 48.8 Å². The van der Waals surface area contributed by atoms with Crippen molar-refractivity contribution in [1.82, 2.24) is 15.2 Å². The number of halogens is 2. The number of aromatic amines is 1. The summed E-state index contributed by atoms with van der Waals surface area (Å²) in [4.78, 5) is 17.6. The van der Waals surface area contributed by atoms with Crippen molar-refractivity contribution in [1.29, 1.82) is 0 Å². The molecule has 4 rings (SSSR count). The van der Waals surface area contributed by atoms with Crippen LogP contribution in [0.1, 0.15) is 47.7 Å². The third-order valence-corrected chi connectivity index (χ3v) is 6.12. The van der Waals surface area contributed by atoms with Crippen LogP contribution in [0.2, 0.25) is 0 Å². The van der Waals surface area contributed by atoms with Crippen molar-refractivity contribution >= 4 is 16.8 Å². The number of hydrogen-bond donors (Lipinski definition) is 2. The van der Waals surface area contributed by atoms with E-state index in [4.69, 9.17) is 4.74 Å². The highest BCUT2D eigenvalue weighted by Crippen LogP contribution is 2.34. The summed E-state index contributed by atoms with van der Waals surface area (Å²) in [6.45, 7) is 3.72. The Morgan fingerprint density at radius 1 is 1.25 bits per heavy atom. The van der Waals surface area contributed by atoms with Crippen LogP contribution in [0.25, 0.3) is 10.9 Å². The Morgan fingerprint density at radius 3 is 2.88 bits per heavy atom. The van der Waals surface area contributed by atoms with Crippen LogP contribution in [0.5, 0.6) is 5.75 Å². The molecule has 0 bridgehead atoms. The first-order valence-electron chi connectivity index (χ1n) is 11.2. The van der Waals surface area contributed by atoms with E-state index >= 15 is 0 Å². The predicted octanol–water partition coefficient (Wildman–Crippen LogP) is 4.80. The lowest BCUT2D eigenvalue weighted by Crippen LogP contribution is -2.43. The number of aryl methyl sites for hydroxylation is 1. The summed E-state index contributed by atoms with van der Waals surface area (Å²) >= 11 is 0. The number of nitrogens with one attached hydrogen (secondary N) is 2. The smallest absolute Gasteiger partial charge is 0.251 e. The first-order chi connectivity index (χ1) is 15.5. The number of carbonyl (C=O) groups excluding carboxylic acids is 1. The zero-order valence-corrected chi connectivity index (χ0v) is 18.5. The number of aromatic nitrogens is 1. The molecule has 0 saturated heterocycles. The summed E-state index contributed by atoms with van der Waals surface area (Å²) in [6, 6.07) is 7.60. The predicted molar refractivity (Wildman–Crippen MR) is 121 cm³/mol. The van der Waals surface area contributed by atoms with E-state index < -0.39 is 5.82 Å². The molecule has 0 saturated carbocycles. The molecule has 5 nitrogen and oxygen atoms in total. The Hall–Kier alpha value is -2.93. The van der Waals surface area contributed by atoms with Gasteiger partial charge in [0.05, 0.1) is 0 Å². The van der Waals surface area contributed by atoms with Gasteiger partial charge in [0.15, 0.2) is 17.8 Å². The van der Waals surface area contributed by atoms with Crippen LogP contribution >= 0.6 is 0 Å². The van der Waals surface area contributed by atoms with Crippen molar-refractivity contribution in [3.8, 4) is 5.75 Å². The minimum absolute atomic E-state index is 0.190. The van der Waals surface area contributed by atoms with Crippen LogP contribution in [-0.4, -0.2) is 42.2 Å². The van der Waals surface area contributed by atoms with Gasteiger partial charge in [-0.15, -0.1) is 0 Å². The van der Waals surface area contributed by atoms with Gasteiger partial charge in [-0.05, 0) is 61.6 Å². The maximum Gasteiger partial charge on any atom is 0.251 e. The fourth-order valence-electron chi connectivity index (χ4n) is 4.56. The van der Waals surface area contributed by atoms with E-state index in [9.17, 15) is 13.6 Å². The van der Waals surface area contributed by atoms with E-state index in [1.54, 1.807) is 19.2 Å². The topological polar surface area (TPSA) is 57.4 Å². The Balaban J connectivity index is 1.45. The zero-order chi connectivity index (χ0) is 22.7. The highest BCUT2D eigenvalue weighted by atomic mass is 19.1. The van der Waals surface area contributed by atoms with Crippen molar-refractivity contribution in [2.75, 3.05) is 20.1 Å². The van der Waals surface area contributed by atoms with E-state index in [-0.39, 0.29) is 23.7 Å². The minimum Gasteiger partial charge on any atom is -0.472 e. The standard InChI is InChI=1S/C25H29F2N3O2/c1-3-12-30(13-4-5-16-15-29-22-10-6-17(26)14-20(16)22)23-11-8-18-19(25(31)28-2)7-9-21(27)24(18)32-23/h6-7,9-10,14-15,23,29H,3-5,8,11-13H2,1-2H3,(H,28,31). The first-order valence-corrected chi connectivity index (χ1v) is 11.2. The first kappa shape index (κ1) is 22.3. The average Bonchev–Trinajstić information content (AvgIpc) is 3.20. The van der Waals surface area contributed by atoms with Crippen molar-refractivity contribution in [2.45, 2.75) is 45.3 Å². The van der Waals surface area contributed by atoms with Gasteiger partial charge in [0, 0.05) is 54.8 Å². The molecule has 1 aliphatic rings. The van der Waals surface area contributed by atoms with Crippen LogP contribution in [0, 0.1) is 11.6 Å². The molecule has 32 heavy (non-hydrogen) atoms. The molecule has 0 spiro atoms. The highest BCUT2D eigenvalue weighted by molar-refractivity contribution is 5.96. The Bertz CT molecular complexity index is 1110. The number of ether oxygens (including phenoxy) is 1. The maximum atomic E-state index is 14.6. The van der Waals surface area contributed by atoms with Crippen LogP contribution in [0.3, 0.4) is 0 Å². The third kappa shape index (κ3) is 4.48. The van der Waals surface area contributed by atoms with Gasteiger partial charge in [-0.3, -0.25) is 9.69 Å². The molecule has 2 aromatic carbocycles. The van der Waals surface area contributed by atoms with Crippen LogP contribution in [0.4, 0.5) is 8.78 Å². The second-order valence-corrected chi connectivity index (χ2v) is 8.24. The largest absolute Gasteiger partial charge is 0.472 e. The second-order valence-electron chi connectivity index (χ2n) is 8.24. The molecule has 2 heterocycles. The molecule has 3 aromatic rings. The Labute approximate surface area is 186 Å². The number of fused-ring (bicyclic) bond motifs is 2. The number of H-pyrrole nitrogens is 1. The van der Waals surface area contributed by atoms with Crippen LogP contribution in [0.15, 0.2) is 36.5 Å². The molecule has 2 N–H and O–H groups in total. The quantitative estimate of drug-likeness (QED) is 0.528. The number of carbonyl (C=O) groups is 1. The minimum atomic E-state index is -0.436. The molecule has 7 heteroatoms. The molecular weight excluding hydrogens is 412 g/mol. The van der Waals surface area contributed by atoms with Gasteiger partial charge >= 0.3 is 0 Å². The number of benzene rings is 2. The lowest BCUT2D eigenvalue weighted by molar-refractivity contribution is 0.00562. The van der Waals surface area contributed by atoms with Crippen LogP contribution in [-0.2, 0) is 12.8 Å². The molecule has 1 unspecified atom stereocenters. The lowest BCUT2D eigenvalue weighted by atomic mass is 9.97. The maximum absolute atomic E-state index is 14.6. The SMILES string of the molecule is CCCN(CCCc1c[nH]c2ccc(F)cc12)C1CCc2c(C(=O)NC)ccc(F)c2O1. The average molecular weight is 442 g/mol. The fraction of sp³-hybridized carbons (Fsp3) is 0.400. The zero-order valence-electron chi connectivity index (χ0n) is 18.5. The third-order valence-electron chi connectivity index (χ3n) is 6.12. The molecule has 1 amide bonds. The number of amides is 1. The van der Waals surface area contributed by atoms with Crippen molar-refractivity contribution < 1.29 is 18.3 Å². The fourth-order valence-corrected chi connectivity index (χ4v) is 4.56. The second kappa shape index (κ2) is 9.69. The Morgan fingerprint density at radius 2 is 2.09 bits per heavy atom. The molecule has 0 radical (unpaired) electrons. The number of nitrogens with zero attached hydrogens (tertiary/aromatic N) is 1. The molecule has 1 aromatic heterocycles. The molecule has 1 atom stereocenters. The van der Waals surface area contributed by atoms with Gasteiger partial charge < -0.3 is 15.0 Å². The van der Waals surface area contributed by atoms with E-state index in [1.165, 1.54) is 18.2 Å². The summed E-state index contributed by atoms with van der Waals surface area (Å²) in [7, 11) is 1.57. The van der Waals surface area contributed by atoms with Crippen molar-refractivity contribution in [3.63, 3.8) is 0 Å². The van der Waals surface area contributed by atoms with Gasteiger partial charge in [-0.2, -0.15) is 0 Å². The summed E-state index contributed by atoms with van der Waals surface area (Å²) in [5.41, 5.74) is 3.13. The monoisotopic (exact) mass is 441 g/mol. The normalized spacial score (nSPS) is 15.6. The van der Waals surface area contributed by atoms with Gasteiger partial charge in [0.1, 0.15) is 5.82 Å². The van der Waals surface area contributed by atoms with Gasteiger partial charge in [0.25, 0.3) is 5.91 Å². The summed E-state index contributed by atoms with van der Waals surface area (Å²) in [5, 5.41) is 3.52. The molecule has 0 fully saturated rings. The molecule has 0 aliphatic carbocycles. The van der Waals surface area contributed by atoms with Gasteiger partial charge in [-0.25, -0.2) is 8.78 Å². The summed E-state index contributed by atoms with van der Waals surface area (Å²) < 4.78 is 34.3. The number of hydrogen-bond acceptors (Lipinski definition) is 3. The lowest BCUT2D eigenvalue weighted by Gasteiger charge is -2.36. The molecule has 170 valence electrons. The van der Waals surface area contributed by atoms with Crippen molar-refractivity contribution in [2.24, 2.45) is 0 Å². The molecule has 1 aliphatic heterocycles. The number of rotatable bonds is 8. The molecular formula is C25H29F2N3O2. The summed E-state index contributed by atoms with van der Waals surface area (Å²) in [6.07, 6.45) is 5.61. The van der Waals surface area contributed by atoms with Gasteiger partial charge in [-0.1, -0.05) is 6.92 Å². The Kier molecular flexibility index (Phi) is 6.74. The van der Waals surface area contributed by atoms with Crippen LogP contribution < -0.4 is 10.1 Å². The van der Waals surface area contributed by atoms with E-state index in [2.05, 4.69) is 22.1 Å². The van der Waals surface area contributed by atoms with Gasteiger partial charge in [0.2, 0.25) is 0 Å². The van der Waals surface area contributed by atoms with Crippen molar-refractivity contribution in [3.05, 3.63) is 64.9 Å². The summed E-state index contributed by atoms with van der Waals surface area (Å²) in [5.74, 6) is -0.715.